The molecule has 1 saturated heterocycles. The van der Waals surface area contributed by atoms with Crippen LogP contribution in [-0.4, -0.2) is 76.3 Å². The van der Waals surface area contributed by atoms with Gasteiger partial charge >= 0.3 is 0 Å². The van der Waals surface area contributed by atoms with E-state index >= 15 is 0 Å². The lowest BCUT2D eigenvalue weighted by Crippen LogP contribution is -2.37. The molecule has 0 bridgehead atoms. The molecular formula is C13H20N4O3. The second kappa shape index (κ2) is 6.65. The highest BCUT2D eigenvalue weighted by Crippen LogP contribution is 2.10. The average molecular weight is 280 g/mol. The van der Waals surface area contributed by atoms with Crippen LogP contribution in [0.2, 0.25) is 0 Å². The minimum absolute atomic E-state index is 0.0442. The Morgan fingerprint density at radius 2 is 2.20 bits per heavy atom. The van der Waals surface area contributed by atoms with Crippen molar-refractivity contribution in [2.75, 3.05) is 45.1 Å². The Morgan fingerprint density at radius 3 is 2.85 bits per heavy atom. The van der Waals surface area contributed by atoms with Crippen LogP contribution >= 0.6 is 0 Å². The van der Waals surface area contributed by atoms with Crippen LogP contribution in [0.15, 0.2) is 18.3 Å². The van der Waals surface area contributed by atoms with Crippen molar-refractivity contribution in [3.8, 4) is 0 Å². The minimum atomic E-state index is -0.616. The van der Waals surface area contributed by atoms with Crippen molar-refractivity contribution in [2.24, 2.45) is 0 Å². The molecule has 2 heterocycles. The molecule has 0 aromatic carbocycles. The molecule has 1 fully saturated rings. The van der Waals surface area contributed by atoms with Gasteiger partial charge in [0.15, 0.2) is 0 Å². The SMILES string of the molecule is Nc1ccc(C(=O)N2CCN(CCO)C[C@@H](O)C2)cn1. The molecule has 4 N–H and O–H groups in total. The van der Waals surface area contributed by atoms with Crippen LogP contribution in [0.5, 0.6) is 0 Å². The van der Waals surface area contributed by atoms with Crippen LogP contribution in [-0.2, 0) is 0 Å². The smallest absolute Gasteiger partial charge is 0.255 e. The summed E-state index contributed by atoms with van der Waals surface area (Å²) in [7, 11) is 0. The van der Waals surface area contributed by atoms with Gasteiger partial charge in [0.05, 0.1) is 18.3 Å². The van der Waals surface area contributed by atoms with Gasteiger partial charge in [-0.3, -0.25) is 9.69 Å². The Bertz CT molecular complexity index is 451. The first-order chi connectivity index (χ1) is 9.60. The van der Waals surface area contributed by atoms with Gasteiger partial charge in [-0.2, -0.15) is 0 Å². The maximum atomic E-state index is 12.3. The average Bonchev–Trinajstić information content (AvgIpc) is 2.61. The number of nitrogens with two attached hydrogens (primary N) is 1. The Balaban J connectivity index is 2.04. The number of nitrogen functional groups attached to an aromatic ring is 1. The van der Waals surface area contributed by atoms with E-state index in [9.17, 15) is 9.90 Å². The molecule has 110 valence electrons. The van der Waals surface area contributed by atoms with Crippen LogP contribution in [0.3, 0.4) is 0 Å². The van der Waals surface area contributed by atoms with E-state index in [1.54, 1.807) is 17.0 Å². The Hall–Kier alpha value is -1.70. The molecule has 0 spiro atoms. The van der Waals surface area contributed by atoms with Gasteiger partial charge in [0.1, 0.15) is 5.82 Å². The lowest BCUT2D eigenvalue weighted by atomic mass is 10.2. The third-order valence-corrected chi connectivity index (χ3v) is 3.32. The van der Waals surface area contributed by atoms with Crippen LogP contribution in [0.1, 0.15) is 10.4 Å². The number of carbonyl (C=O) groups is 1. The summed E-state index contributed by atoms with van der Waals surface area (Å²) in [5.41, 5.74) is 5.96. The van der Waals surface area contributed by atoms with Crippen molar-refractivity contribution in [1.29, 1.82) is 0 Å². The van der Waals surface area contributed by atoms with Crippen molar-refractivity contribution in [1.82, 2.24) is 14.8 Å². The highest BCUT2D eigenvalue weighted by atomic mass is 16.3. The van der Waals surface area contributed by atoms with Gasteiger partial charge in [-0.25, -0.2) is 4.98 Å². The second-order valence-corrected chi connectivity index (χ2v) is 4.90. The molecule has 2 rings (SSSR count). The van der Waals surface area contributed by atoms with E-state index in [0.29, 0.717) is 37.6 Å². The number of hydrogen-bond donors (Lipinski definition) is 3. The van der Waals surface area contributed by atoms with Crippen molar-refractivity contribution < 1.29 is 15.0 Å². The molecule has 1 atom stereocenters. The Morgan fingerprint density at radius 1 is 1.40 bits per heavy atom. The topological polar surface area (TPSA) is 103 Å². The maximum Gasteiger partial charge on any atom is 0.255 e. The molecule has 7 heteroatoms. The van der Waals surface area contributed by atoms with Gasteiger partial charge < -0.3 is 20.8 Å². The van der Waals surface area contributed by atoms with E-state index in [4.69, 9.17) is 10.8 Å². The summed E-state index contributed by atoms with van der Waals surface area (Å²) in [4.78, 5) is 19.8. The van der Waals surface area contributed by atoms with Crippen molar-refractivity contribution in [3.63, 3.8) is 0 Å². The Labute approximate surface area is 117 Å². The third kappa shape index (κ3) is 3.66. The third-order valence-electron chi connectivity index (χ3n) is 3.32. The van der Waals surface area contributed by atoms with E-state index in [0.717, 1.165) is 0 Å². The van der Waals surface area contributed by atoms with Gasteiger partial charge in [0.25, 0.3) is 5.91 Å². The predicted octanol–water partition coefficient (Wildman–Crippen LogP) is -1.23. The van der Waals surface area contributed by atoms with E-state index < -0.39 is 6.10 Å². The summed E-state index contributed by atoms with van der Waals surface area (Å²) in [5, 5.41) is 18.9. The molecule has 1 amide bonds. The summed E-state index contributed by atoms with van der Waals surface area (Å²) in [5.74, 6) is 0.203. The lowest BCUT2D eigenvalue weighted by Gasteiger charge is -2.21. The number of nitrogens with zero attached hydrogens (tertiary/aromatic N) is 3. The number of hydrogen-bond acceptors (Lipinski definition) is 6. The highest BCUT2D eigenvalue weighted by Gasteiger charge is 2.24. The fourth-order valence-electron chi connectivity index (χ4n) is 2.30. The molecule has 1 aliphatic rings. The van der Waals surface area contributed by atoms with Gasteiger partial charge in [-0.1, -0.05) is 0 Å². The molecule has 0 saturated carbocycles. The van der Waals surface area contributed by atoms with Crippen molar-refractivity contribution in [3.05, 3.63) is 23.9 Å². The van der Waals surface area contributed by atoms with Crippen LogP contribution < -0.4 is 5.73 Å². The number of aliphatic hydroxyl groups is 2. The molecule has 1 aromatic rings. The zero-order valence-electron chi connectivity index (χ0n) is 11.3. The number of aliphatic hydroxyl groups excluding tert-OH is 2. The molecule has 0 unspecified atom stereocenters. The Kier molecular flexibility index (Phi) is 4.89. The van der Waals surface area contributed by atoms with Crippen molar-refractivity contribution >= 4 is 11.7 Å². The molecule has 20 heavy (non-hydrogen) atoms. The van der Waals surface area contributed by atoms with Crippen LogP contribution in [0.4, 0.5) is 5.82 Å². The first-order valence-corrected chi connectivity index (χ1v) is 6.62. The van der Waals surface area contributed by atoms with E-state index in [1.165, 1.54) is 6.20 Å². The van der Waals surface area contributed by atoms with Crippen molar-refractivity contribution in [2.45, 2.75) is 6.10 Å². The van der Waals surface area contributed by atoms with Crippen LogP contribution in [0, 0.1) is 0 Å². The number of β-amino-alcohol motifs (C(OH)–C–C–N with tert-alkyl or cyclic N) is 2. The first kappa shape index (κ1) is 14.7. The summed E-state index contributed by atoms with van der Waals surface area (Å²) in [6.45, 7) is 2.44. The molecule has 0 aliphatic carbocycles. The van der Waals surface area contributed by atoms with Gasteiger partial charge in [0.2, 0.25) is 0 Å². The van der Waals surface area contributed by atoms with E-state index in [1.807, 2.05) is 4.90 Å². The van der Waals surface area contributed by atoms with Gasteiger partial charge in [0, 0.05) is 38.9 Å². The summed E-state index contributed by atoms with van der Waals surface area (Å²) < 4.78 is 0. The number of pyridine rings is 1. The zero-order chi connectivity index (χ0) is 14.5. The van der Waals surface area contributed by atoms with Gasteiger partial charge in [-0.15, -0.1) is 0 Å². The monoisotopic (exact) mass is 280 g/mol. The second-order valence-electron chi connectivity index (χ2n) is 4.90. The summed E-state index contributed by atoms with van der Waals surface area (Å²) >= 11 is 0. The lowest BCUT2D eigenvalue weighted by molar-refractivity contribution is 0.0660. The quantitative estimate of drug-likeness (QED) is 0.641. The highest BCUT2D eigenvalue weighted by molar-refractivity contribution is 5.94. The number of anilines is 1. The first-order valence-electron chi connectivity index (χ1n) is 6.62. The maximum absolute atomic E-state index is 12.3. The number of amides is 1. The van der Waals surface area contributed by atoms with E-state index in [-0.39, 0.29) is 19.1 Å². The van der Waals surface area contributed by atoms with Crippen LogP contribution in [0.25, 0.3) is 0 Å². The molecular weight excluding hydrogens is 260 g/mol. The molecule has 7 nitrogen and oxygen atoms in total. The fourth-order valence-corrected chi connectivity index (χ4v) is 2.30. The zero-order valence-corrected chi connectivity index (χ0v) is 11.3. The normalized spacial score (nSPS) is 20.7. The summed E-state index contributed by atoms with van der Waals surface area (Å²) in [6.07, 6.45) is 0.829. The van der Waals surface area contributed by atoms with Gasteiger partial charge in [-0.05, 0) is 12.1 Å². The molecule has 1 aliphatic heterocycles. The molecule has 0 radical (unpaired) electrons. The molecule has 1 aromatic heterocycles. The number of carbonyl (C=O) groups excluding carboxylic acids is 1. The number of rotatable bonds is 3. The predicted molar refractivity (Wildman–Crippen MR) is 74.1 cm³/mol. The van der Waals surface area contributed by atoms with E-state index in [2.05, 4.69) is 4.98 Å². The summed E-state index contributed by atoms with van der Waals surface area (Å²) in [6, 6.07) is 3.22. The largest absolute Gasteiger partial charge is 0.395 e. The number of aromatic nitrogens is 1. The fraction of sp³-hybridized carbons (Fsp3) is 0.538. The minimum Gasteiger partial charge on any atom is -0.395 e. The standard InChI is InChI=1S/C13H20N4O3/c14-12-2-1-10(7-15-12)13(20)17-4-3-16(5-6-18)8-11(19)9-17/h1-2,7,11,18-19H,3-6,8-9H2,(H2,14,15)/t11-/m1/s1.